The molecule has 23 heavy (non-hydrogen) atoms. The van der Waals surface area contributed by atoms with Crippen molar-refractivity contribution in [3.8, 4) is 0 Å². The molecule has 0 heterocycles. The Hall–Kier alpha value is -1.95. The van der Waals surface area contributed by atoms with Crippen LogP contribution in [0.3, 0.4) is 0 Å². The number of carbonyl (C=O) groups is 2. The number of benzene rings is 1. The van der Waals surface area contributed by atoms with E-state index in [4.69, 9.17) is 12.2 Å². The normalized spacial score (nSPS) is 14.9. The summed E-state index contributed by atoms with van der Waals surface area (Å²) in [6.45, 7) is 0. The minimum atomic E-state index is -0.116. The van der Waals surface area contributed by atoms with E-state index in [1.807, 2.05) is 6.07 Å². The second-order valence-corrected chi connectivity index (χ2v) is 6.43. The quantitative estimate of drug-likeness (QED) is 0.835. The Morgan fingerprint density at radius 2 is 1.78 bits per heavy atom. The maximum Gasteiger partial charge on any atom is 0.255 e. The third-order valence-electron chi connectivity index (χ3n) is 4.02. The standard InChI is InChI=1S/C17H23N3O2S/c1-20(2)16(22)13-10-6-7-11-14(13)18-17(23)19-15(21)12-8-4-3-5-9-12/h6-7,10-12H,3-5,8-9H2,1-2H3,(H2,18,19,21,23). The first-order valence-electron chi connectivity index (χ1n) is 7.91. The molecule has 0 atom stereocenters. The molecule has 5 nitrogen and oxygen atoms in total. The van der Waals surface area contributed by atoms with Crippen LogP contribution in [0.5, 0.6) is 0 Å². The van der Waals surface area contributed by atoms with Crippen molar-refractivity contribution in [1.82, 2.24) is 10.2 Å². The van der Waals surface area contributed by atoms with Gasteiger partial charge in [-0.3, -0.25) is 9.59 Å². The number of rotatable bonds is 3. The lowest BCUT2D eigenvalue weighted by atomic mass is 9.89. The average molecular weight is 333 g/mol. The van der Waals surface area contributed by atoms with E-state index in [1.165, 1.54) is 11.3 Å². The number of hydrogen-bond acceptors (Lipinski definition) is 3. The molecule has 1 aromatic carbocycles. The lowest BCUT2D eigenvalue weighted by Crippen LogP contribution is -2.39. The summed E-state index contributed by atoms with van der Waals surface area (Å²) in [4.78, 5) is 25.9. The molecule has 0 saturated heterocycles. The Morgan fingerprint density at radius 3 is 2.43 bits per heavy atom. The van der Waals surface area contributed by atoms with Gasteiger partial charge in [0.05, 0.1) is 11.3 Å². The fourth-order valence-corrected chi connectivity index (χ4v) is 2.96. The van der Waals surface area contributed by atoms with Gasteiger partial charge in [0.1, 0.15) is 0 Å². The fourth-order valence-electron chi connectivity index (χ4n) is 2.75. The van der Waals surface area contributed by atoms with Gasteiger partial charge in [-0.25, -0.2) is 0 Å². The average Bonchev–Trinajstić information content (AvgIpc) is 2.55. The van der Waals surface area contributed by atoms with Gasteiger partial charge in [-0.15, -0.1) is 0 Å². The number of para-hydroxylation sites is 1. The molecule has 0 bridgehead atoms. The van der Waals surface area contributed by atoms with Crippen molar-refractivity contribution in [2.45, 2.75) is 32.1 Å². The molecule has 0 unspecified atom stereocenters. The third kappa shape index (κ3) is 4.76. The van der Waals surface area contributed by atoms with E-state index in [9.17, 15) is 9.59 Å². The number of anilines is 1. The highest BCUT2D eigenvalue weighted by molar-refractivity contribution is 7.80. The Balaban J connectivity index is 2.00. The van der Waals surface area contributed by atoms with Gasteiger partial charge in [0.15, 0.2) is 5.11 Å². The van der Waals surface area contributed by atoms with Crippen LogP contribution in [-0.2, 0) is 4.79 Å². The summed E-state index contributed by atoms with van der Waals surface area (Å²) in [5.41, 5.74) is 1.12. The maximum atomic E-state index is 12.2. The van der Waals surface area contributed by atoms with Crippen molar-refractivity contribution in [3.05, 3.63) is 29.8 Å². The minimum Gasteiger partial charge on any atom is -0.345 e. The minimum absolute atomic E-state index is 0.0291. The third-order valence-corrected chi connectivity index (χ3v) is 4.23. The highest BCUT2D eigenvalue weighted by Crippen LogP contribution is 2.23. The zero-order valence-corrected chi connectivity index (χ0v) is 14.4. The molecule has 2 amide bonds. The van der Waals surface area contributed by atoms with E-state index in [2.05, 4.69) is 10.6 Å². The lowest BCUT2D eigenvalue weighted by Gasteiger charge is -2.21. The lowest BCUT2D eigenvalue weighted by molar-refractivity contribution is -0.124. The smallest absolute Gasteiger partial charge is 0.255 e. The number of carbonyl (C=O) groups excluding carboxylic acids is 2. The van der Waals surface area contributed by atoms with Gasteiger partial charge >= 0.3 is 0 Å². The van der Waals surface area contributed by atoms with E-state index >= 15 is 0 Å². The first-order chi connectivity index (χ1) is 11.0. The summed E-state index contributed by atoms with van der Waals surface area (Å²) in [5, 5.41) is 5.95. The molecule has 1 aromatic rings. The first-order valence-corrected chi connectivity index (χ1v) is 8.32. The second-order valence-electron chi connectivity index (χ2n) is 6.02. The molecule has 1 aliphatic rings. The number of hydrogen-bond donors (Lipinski definition) is 2. The highest BCUT2D eigenvalue weighted by Gasteiger charge is 2.22. The van der Waals surface area contributed by atoms with Crippen LogP contribution in [0.4, 0.5) is 5.69 Å². The molecule has 1 saturated carbocycles. The van der Waals surface area contributed by atoms with E-state index in [1.54, 1.807) is 32.3 Å². The number of nitrogens with one attached hydrogen (secondary N) is 2. The van der Waals surface area contributed by atoms with Crippen molar-refractivity contribution in [2.75, 3.05) is 19.4 Å². The van der Waals surface area contributed by atoms with Gasteiger partial charge in [-0.05, 0) is 37.2 Å². The molecule has 0 radical (unpaired) electrons. The van der Waals surface area contributed by atoms with Crippen molar-refractivity contribution in [1.29, 1.82) is 0 Å². The largest absolute Gasteiger partial charge is 0.345 e. The van der Waals surface area contributed by atoms with Crippen molar-refractivity contribution in [2.24, 2.45) is 5.92 Å². The van der Waals surface area contributed by atoms with Crippen LogP contribution in [0.15, 0.2) is 24.3 Å². The van der Waals surface area contributed by atoms with Gasteiger partial charge in [0.25, 0.3) is 5.91 Å². The fraction of sp³-hybridized carbons (Fsp3) is 0.471. The number of thiocarbonyl (C=S) groups is 1. The molecule has 6 heteroatoms. The Bertz CT molecular complexity index is 595. The predicted molar refractivity (Wildman–Crippen MR) is 95.4 cm³/mol. The molecule has 2 rings (SSSR count). The molecular weight excluding hydrogens is 310 g/mol. The first kappa shape index (κ1) is 17.4. The summed E-state index contributed by atoms with van der Waals surface area (Å²) in [7, 11) is 3.39. The van der Waals surface area contributed by atoms with Crippen LogP contribution in [0.2, 0.25) is 0 Å². The van der Waals surface area contributed by atoms with E-state index < -0.39 is 0 Å². The summed E-state index contributed by atoms with van der Waals surface area (Å²) in [6.07, 6.45) is 5.23. The molecule has 0 aromatic heterocycles. The van der Waals surface area contributed by atoms with Crippen LogP contribution >= 0.6 is 12.2 Å². The molecule has 2 N–H and O–H groups in total. The Labute approximate surface area is 142 Å². The van der Waals surface area contributed by atoms with Crippen LogP contribution in [0.1, 0.15) is 42.5 Å². The van der Waals surface area contributed by atoms with Crippen molar-refractivity contribution >= 4 is 34.8 Å². The van der Waals surface area contributed by atoms with Crippen molar-refractivity contribution < 1.29 is 9.59 Å². The molecule has 0 spiro atoms. The van der Waals surface area contributed by atoms with E-state index in [-0.39, 0.29) is 22.8 Å². The Morgan fingerprint density at radius 1 is 1.13 bits per heavy atom. The summed E-state index contributed by atoms with van der Waals surface area (Å²) < 4.78 is 0. The van der Waals surface area contributed by atoms with E-state index in [0.717, 1.165) is 25.7 Å². The topological polar surface area (TPSA) is 61.4 Å². The van der Waals surface area contributed by atoms with Gasteiger partial charge < -0.3 is 15.5 Å². The van der Waals surface area contributed by atoms with Gasteiger partial charge in [-0.1, -0.05) is 31.4 Å². The number of amides is 2. The monoisotopic (exact) mass is 333 g/mol. The zero-order valence-electron chi connectivity index (χ0n) is 13.6. The van der Waals surface area contributed by atoms with Gasteiger partial charge in [0, 0.05) is 20.0 Å². The van der Waals surface area contributed by atoms with Gasteiger partial charge in [0.2, 0.25) is 5.91 Å². The molecule has 1 aliphatic carbocycles. The van der Waals surface area contributed by atoms with Gasteiger partial charge in [-0.2, -0.15) is 0 Å². The van der Waals surface area contributed by atoms with Crippen LogP contribution in [0.25, 0.3) is 0 Å². The molecular formula is C17H23N3O2S. The van der Waals surface area contributed by atoms with Crippen LogP contribution in [0, 0.1) is 5.92 Å². The molecule has 1 fully saturated rings. The highest BCUT2D eigenvalue weighted by atomic mass is 32.1. The van der Waals surface area contributed by atoms with Crippen LogP contribution in [-0.4, -0.2) is 35.9 Å². The maximum absolute atomic E-state index is 12.2. The molecule has 0 aliphatic heterocycles. The second kappa shape index (κ2) is 8.06. The predicted octanol–water partition coefficient (Wildman–Crippen LogP) is 2.78. The van der Waals surface area contributed by atoms with Crippen LogP contribution < -0.4 is 10.6 Å². The van der Waals surface area contributed by atoms with Crippen molar-refractivity contribution in [3.63, 3.8) is 0 Å². The molecule has 124 valence electrons. The number of nitrogens with zero attached hydrogens (tertiary/aromatic N) is 1. The SMILES string of the molecule is CN(C)C(=O)c1ccccc1NC(=S)NC(=O)C1CCCCC1. The zero-order chi connectivity index (χ0) is 16.8. The Kier molecular flexibility index (Phi) is 6.10. The summed E-state index contributed by atoms with van der Waals surface area (Å²) >= 11 is 5.23. The summed E-state index contributed by atoms with van der Waals surface area (Å²) in [5.74, 6) is -0.102. The van der Waals surface area contributed by atoms with E-state index in [0.29, 0.717) is 11.3 Å². The summed E-state index contributed by atoms with van der Waals surface area (Å²) in [6, 6.07) is 7.12.